The number of alkyl halides is 3. The Hall–Kier alpha value is -3.41. The number of nitrogens with zero attached hydrogens (tertiary/aromatic N) is 4. The lowest BCUT2D eigenvalue weighted by Crippen LogP contribution is -2.41. The van der Waals surface area contributed by atoms with Gasteiger partial charge in [0.1, 0.15) is 30.1 Å². The molecule has 1 unspecified atom stereocenters. The predicted octanol–water partition coefficient (Wildman–Crippen LogP) is 2.83. The molecule has 34 heavy (non-hydrogen) atoms. The van der Waals surface area contributed by atoms with Crippen molar-refractivity contribution in [3.05, 3.63) is 35.5 Å². The van der Waals surface area contributed by atoms with Crippen LogP contribution in [0.4, 0.5) is 13.2 Å². The molecule has 3 rings (SSSR count). The van der Waals surface area contributed by atoms with Crippen LogP contribution in [0.1, 0.15) is 30.5 Å². The molecule has 1 aromatic heterocycles. The number of aromatic nitrogens is 1. The van der Waals surface area contributed by atoms with Crippen molar-refractivity contribution in [2.45, 2.75) is 31.5 Å². The molecule has 184 valence electrons. The van der Waals surface area contributed by atoms with E-state index in [0.717, 1.165) is 12.5 Å². The average molecular weight is 481 g/mol. The normalized spacial score (nSPS) is 17.9. The van der Waals surface area contributed by atoms with Crippen LogP contribution >= 0.6 is 0 Å². The molecule has 2 aromatic rings. The maximum Gasteiger partial charge on any atom is 0.433 e. The molecule has 1 aliphatic rings. The highest BCUT2D eigenvalue weighted by Gasteiger charge is 2.33. The van der Waals surface area contributed by atoms with Gasteiger partial charge in [0, 0.05) is 24.5 Å². The first-order valence-electron chi connectivity index (χ1n) is 10.6. The first-order chi connectivity index (χ1) is 16.2. The molecule has 1 amide bonds. The van der Waals surface area contributed by atoms with E-state index in [4.69, 9.17) is 20.4 Å². The van der Waals surface area contributed by atoms with Crippen LogP contribution < -0.4 is 10.5 Å². The van der Waals surface area contributed by atoms with E-state index in [1.54, 1.807) is 13.1 Å². The molecule has 0 aliphatic heterocycles. The highest BCUT2D eigenvalue weighted by Crippen LogP contribution is 2.33. The third-order valence-electron chi connectivity index (χ3n) is 5.56. The summed E-state index contributed by atoms with van der Waals surface area (Å²) in [6, 6.07) is 4.85. The Morgan fingerprint density at radius 1 is 1.32 bits per heavy atom. The second-order valence-electron chi connectivity index (χ2n) is 7.67. The van der Waals surface area contributed by atoms with Crippen LogP contribution in [0, 0.1) is 0 Å². The number of carbonyl (C=O) groups excluding carboxylic acids is 1. The summed E-state index contributed by atoms with van der Waals surface area (Å²) >= 11 is 0. The molecule has 0 spiro atoms. The van der Waals surface area contributed by atoms with Gasteiger partial charge in [-0.3, -0.25) is 4.79 Å². The maximum atomic E-state index is 13.2. The highest BCUT2D eigenvalue weighted by molar-refractivity contribution is 6.08. The molecule has 9 nitrogen and oxygen atoms in total. The summed E-state index contributed by atoms with van der Waals surface area (Å²) in [7, 11) is 2.93. The van der Waals surface area contributed by atoms with E-state index in [1.165, 1.54) is 24.1 Å². The molecule has 0 radical (unpaired) electrons. The fourth-order valence-electron chi connectivity index (χ4n) is 3.83. The van der Waals surface area contributed by atoms with Crippen LogP contribution in [-0.2, 0) is 15.7 Å². The monoisotopic (exact) mass is 481 g/mol. The van der Waals surface area contributed by atoms with Gasteiger partial charge in [0.15, 0.2) is 0 Å². The van der Waals surface area contributed by atoms with E-state index >= 15 is 0 Å². The van der Waals surface area contributed by atoms with Crippen molar-refractivity contribution >= 4 is 28.4 Å². The van der Waals surface area contributed by atoms with E-state index < -0.39 is 11.9 Å². The molecule has 1 aliphatic carbocycles. The summed E-state index contributed by atoms with van der Waals surface area (Å²) in [6.45, 7) is -0.0442. The Morgan fingerprint density at radius 2 is 2.09 bits per heavy atom. The van der Waals surface area contributed by atoms with E-state index in [0.29, 0.717) is 29.5 Å². The standard InChI is InChI=1S/C22H26F3N5O4/c1-30(16-5-3-4-15(16)29-32)19(31)12-27-21(34-11-10-26)14-6-8-17(33-2)20-13(14)7-9-18(28-20)22(23,24)25/h6-9,16,32H,3-5,10-12,26H2,1-2H3/b27-21?,29-15+. The molecule has 1 aromatic carbocycles. The number of halogens is 3. The van der Waals surface area contributed by atoms with E-state index in [1.807, 2.05) is 0 Å². The number of benzene rings is 1. The van der Waals surface area contributed by atoms with E-state index in [-0.39, 0.29) is 48.8 Å². The first kappa shape index (κ1) is 25.2. The summed E-state index contributed by atoms with van der Waals surface area (Å²) in [5.41, 5.74) is 5.35. The molecule has 0 bridgehead atoms. The number of oxime groups is 1. The second kappa shape index (κ2) is 10.7. The lowest BCUT2D eigenvalue weighted by molar-refractivity contribution is -0.141. The van der Waals surface area contributed by atoms with Gasteiger partial charge in [-0.1, -0.05) is 5.16 Å². The number of hydrogen-bond donors (Lipinski definition) is 2. The fraction of sp³-hybridized carbons (Fsp3) is 0.455. The zero-order valence-corrected chi connectivity index (χ0v) is 18.8. The molecule has 12 heteroatoms. The topological polar surface area (TPSA) is 123 Å². The third-order valence-corrected chi connectivity index (χ3v) is 5.56. The van der Waals surface area contributed by atoms with Gasteiger partial charge in [-0.25, -0.2) is 9.98 Å². The van der Waals surface area contributed by atoms with Gasteiger partial charge in [-0.05, 0) is 43.5 Å². The Balaban J connectivity index is 1.97. The van der Waals surface area contributed by atoms with Crippen LogP contribution in [0.5, 0.6) is 5.75 Å². The van der Waals surface area contributed by atoms with Crippen molar-refractivity contribution in [1.29, 1.82) is 0 Å². The van der Waals surface area contributed by atoms with E-state index in [9.17, 15) is 18.0 Å². The molecule has 1 saturated carbocycles. The van der Waals surface area contributed by atoms with Crippen LogP contribution in [0.25, 0.3) is 10.9 Å². The SMILES string of the molecule is COc1ccc(C(=NCC(=O)N(C)C2CCC/C2=N\O)OCCN)c2ccc(C(F)(F)F)nc12. The summed E-state index contributed by atoms with van der Waals surface area (Å²) in [5, 5.41) is 12.7. The van der Waals surface area contributed by atoms with Crippen molar-refractivity contribution in [2.75, 3.05) is 33.9 Å². The quantitative estimate of drug-likeness (QED) is 0.271. The number of fused-ring (bicyclic) bond motifs is 1. The van der Waals surface area contributed by atoms with Gasteiger partial charge in [-0.2, -0.15) is 13.2 Å². The largest absolute Gasteiger partial charge is 0.494 e. The van der Waals surface area contributed by atoms with Crippen LogP contribution in [0.2, 0.25) is 0 Å². The summed E-state index contributed by atoms with van der Waals surface area (Å²) in [5.74, 6) is -0.142. The van der Waals surface area contributed by atoms with E-state index in [2.05, 4.69) is 15.1 Å². The van der Waals surface area contributed by atoms with Crippen molar-refractivity contribution in [3.63, 3.8) is 0 Å². The smallest absolute Gasteiger partial charge is 0.433 e. The Kier molecular flexibility index (Phi) is 7.92. The summed E-state index contributed by atoms with van der Waals surface area (Å²) in [6.07, 6.45) is -2.54. The van der Waals surface area contributed by atoms with Gasteiger partial charge in [0.05, 0.1) is 18.9 Å². The minimum atomic E-state index is -4.63. The lowest BCUT2D eigenvalue weighted by atomic mass is 10.1. The maximum absolute atomic E-state index is 13.2. The number of nitrogens with two attached hydrogens (primary N) is 1. The lowest BCUT2D eigenvalue weighted by Gasteiger charge is -2.24. The van der Waals surface area contributed by atoms with Crippen LogP contribution in [0.3, 0.4) is 0 Å². The number of likely N-dealkylation sites (N-methyl/N-ethyl adjacent to an activating group) is 1. The van der Waals surface area contributed by atoms with Gasteiger partial charge in [0.25, 0.3) is 0 Å². The van der Waals surface area contributed by atoms with Gasteiger partial charge >= 0.3 is 6.18 Å². The summed E-state index contributed by atoms with van der Waals surface area (Å²) < 4.78 is 50.5. The molecule has 0 saturated heterocycles. The molecule has 1 heterocycles. The average Bonchev–Trinajstić information content (AvgIpc) is 3.31. The number of aliphatic imine (C=N–C) groups is 1. The number of rotatable bonds is 7. The number of methoxy groups -OCH3 is 1. The van der Waals surface area contributed by atoms with Crippen LogP contribution in [0.15, 0.2) is 34.4 Å². The third kappa shape index (κ3) is 5.38. The van der Waals surface area contributed by atoms with Crippen molar-refractivity contribution in [1.82, 2.24) is 9.88 Å². The van der Waals surface area contributed by atoms with Gasteiger partial charge in [-0.15, -0.1) is 0 Å². The minimum Gasteiger partial charge on any atom is -0.494 e. The number of pyridine rings is 1. The highest BCUT2D eigenvalue weighted by atomic mass is 19.4. The zero-order chi connectivity index (χ0) is 24.9. The number of carbonyl (C=O) groups is 1. The van der Waals surface area contributed by atoms with Crippen LogP contribution in [-0.4, -0.2) is 72.5 Å². The molecular weight excluding hydrogens is 455 g/mol. The molecule has 1 atom stereocenters. The Bertz CT molecular complexity index is 1100. The molecule has 1 fully saturated rings. The Morgan fingerprint density at radius 3 is 2.74 bits per heavy atom. The van der Waals surface area contributed by atoms with Crippen molar-refractivity contribution in [2.24, 2.45) is 15.9 Å². The fourth-order valence-corrected chi connectivity index (χ4v) is 3.83. The Labute approximate surface area is 194 Å². The number of hydrogen-bond acceptors (Lipinski definition) is 8. The molecular formula is C22H26F3N5O4. The van der Waals surface area contributed by atoms with Crippen molar-refractivity contribution in [3.8, 4) is 5.75 Å². The number of ether oxygens (including phenoxy) is 2. The minimum absolute atomic E-state index is 0.0166. The first-order valence-corrected chi connectivity index (χ1v) is 10.6. The van der Waals surface area contributed by atoms with Crippen molar-refractivity contribution < 1.29 is 32.6 Å². The summed E-state index contributed by atoms with van der Waals surface area (Å²) in [4.78, 5) is 22.3. The van der Waals surface area contributed by atoms with Gasteiger partial charge in [0.2, 0.25) is 11.8 Å². The zero-order valence-electron chi connectivity index (χ0n) is 18.8. The second-order valence-corrected chi connectivity index (χ2v) is 7.67. The van der Waals surface area contributed by atoms with Gasteiger partial charge < -0.3 is 25.3 Å². The molecule has 3 N–H and O–H groups in total. The number of amides is 1. The predicted molar refractivity (Wildman–Crippen MR) is 119 cm³/mol.